The number of anilines is 1. The highest BCUT2D eigenvalue weighted by Crippen LogP contribution is 2.40. The summed E-state index contributed by atoms with van der Waals surface area (Å²) in [7, 11) is 0. The fraction of sp³-hybridized carbons (Fsp3) is 0.364. The summed E-state index contributed by atoms with van der Waals surface area (Å²) in [5, 5.41) is 5.78. The first-order chi connectivity index (χ1) is 12.6. The molecular weight excluding hydrogens is 324 g/mol. The molecule has 26 heavy (non-hydrogen) atoms. The number of aryl methyl sites for hydroxylation is 1. The fourth-order valence-electron chi connectivity index (χ4n) is 3.82. The third-order valence-electron chi connectivity index (χ3n) is 5.19. The van der Waals surface area contributed by atoms with Crippen LogP contribution in [0.25, 0.3) is 0 Å². The third kappa shape index (κ3) is 4.51. The minimum Gasteiger partial charge on any atom is -0.355 e. The Bertz CT molecular complexity index is 765. The summed E-state index contributed by atoms with van der Waals surface area (Å²) < 4.78 is 0. The normalized spacial score (nSPS) is 15.4. The Morgan fingerprint density at radius 1 is 0.962 bits per heavy atom. The second kappa shape index (κ2) is 8.17. The molecule has 0 aliphatic heterocycles. The zero-order valence-electron chi connectivity index (χ0n) is 15.3. The number of carbonyl (C=O) groups excluding carboxylic acids is 2. The van der Waals surface area contributed by atoms with Crippen molar-refractivity contribution in [3.05, 3.63) is 65.7 Å². The first-order valence-corrected chi connectivity index (χ1v) is 9.26. The average molecular weight is 350 g/mol. The van der Waals surface area contributed by atoms with Gasteiger partial charge < -0.3 is 10.6 Å². The molecule has 1 aliphatic rings. The molecule has 0 aromatic heterocycles. The van der Waals surface area contributed by atoms with Gasteiger partial charge in [0, 0.05) is 17.6 Å². The molecule has 0 unspecified atom stereocenters. The lowest BCUT2D eigenvalue weighted by Crippen LogP contribution is -2.40. The highest BCUT2D eigenvalue weighted by molar-refractivity contribution is 6.03. The van der Waals surface area contributed by atoms with Crippen LogP contribution in [-0.2, 0) is 15.0 Å². The van der Waals surface area contributed by atoms with E-state index >= 15 is 0 Å². The molecule has 0 atom stereocenters. The largest absolute Gasteiger partial charge is 0.355 e. The molecule has 4 heteroatoms. The standard InChI is InChI=1S/C22H26N2O2/c1-17-8-7-11-19(14-17)24-21(26)15-20(25)23-16-22(12-5-6-13-22)18-9-3-2-4-10-18/h2-4,7-11,14H,5-6,12-13,15-16H2,1H3,(H,23,25)(H,24,26). The molecule has 2 aromatic carbocycles. The van der Waals surface area contributed by atoms with E-state index in [2.05, 4.69) is 22.8 Å². The van der Waals surface area contributed by atoms with Gasteiger partial charge in [0.05, 0.1) is 0 Å². The van der Waals surface area contributed by atoms with E-state index in [0.29, 0.717) is 6.54 Å². The van der Waals surface area contributed by atoms with Crippen LogP contribution in [0.5, 0.6) is 0 Å². The van der Waals surface area contributed by atoms with Crippen molar-refractivity contribution in [3.63, 3.8) is 0 Å². The Hall–Kier alpha value is -2.62. The number of rotatable bonds is 6. The molecule has 0 spiro atoms. The van der Waals surface area contributed by atoms with Crippen LogP contribution in [0.4, 0.5) is 5.69 Å². The molecule has 2 amide bonds. The van der Waals surface area contributed by atoms with E-state index in [0.717, 1.165) is 24.1 Å². The van der Waals surface area contributed by atoms with E-state index in [9.17, 15) is 9.59 Å². The topological polar surface area (TPSA) is 58.2 Å². The minimum atomic E-state index is -0.284. The van der Waals surface area contributed by atoms with Crippen LogP contribution in [0.3, 0.4) is 0 Å². The van der Waals surface area contributed by atoms with Crippen LogP contribution in [-0.4, -0.2) is 18.4 Å². The van der Waals surface area contributed by atoms with Crippen LogP contribution < -0.4 is 10.6 Å². The molecule has 2 N–H and O–H groups in total. The van der Waals surface area contributed by atoms with Crippen LogP contribution in [0, 0.1) is 6.92 Å². The van der Waals surface area contributed by atoms with E-state index in [1.807, 2.05) is 49.4 Å². The predicted molar refractivity (Wildman–Crippen MR) is 104 cm³/mol. The van der Waals surface area contributed by atoms with Gasteiger partial charge in [0.1, 0.15) is 6.42 Å². The second-order valence-electron chi connectivity index (χ2n) is 7.22. The van der Waals surface area contributed by atoms with Crippen LogP contribution in [0.1, 0.15) is 43.2 Å². The molecule has 0 saturated heterocycles. The van der Waals surface area contributed by atoms with Gasteiger partial charge in [-0.3, -0.25) is 9.59 Å². The Morgan fingerprint density at radius 2 is 1.69 bits per heavy atom. The number of carbonyl (C=O) groups is 2. The number of benzene rings is 2. The molecule has 2 aromatic rings. The fourth-order valence-corrected chi connectivity index (χ4v) is 3.82. The van der Waals surface area contributed by atoms with Gasteiger partial charge in [-0.05, 0) is 43.0 Å². The van der Waals surface area contributed by atoms with Crippen LogP contribution in [0.15, 0.2) is 54.6 Å². The van der Waals surface area contributed by atoms with Gasteiger partial charge in [-0.1, -0.05) is 55.3 Å². The van der Waals surface area contributed by atoms with E-state index in [1.165, 1.54) is 18.4 Å². The Labute approximate surface area is 155 Å². The van der Waals surface area contributed by atoms with Crippen molar-refractivity contribution in [3.8, 4) is 0 Å². The molecular formula is C22H26N2O2. The van der Waals surface area contributed by atoms with Crippen molar-refractivity contribution in [1.29, 1.82) is 0 Å². The van der Waals surface area contributed by atoms with Gasteiger partial charge in [-0.15, -0.1) is 0 Å². The quantitative estimate of drug-likeness (QED) is 0.775. The Balaban J connectivity index is 1.55. The second-order valence-corrected chi connectivity index (χ2v) is 7.22. The monoisotopic (exact) mass is 350 g/mol. The predicted octanol–water partition coefficient (Wildman–Crippen LogP) is 3.95. The highest BCUT2D eigenvalue weighted by Gasteiger charge is 2.35. The summed E-state index contributed by atoms with van der Waals surface area (Å²) in [4.78, 5) is 24.4. The molecule has 1 fully saturated rings. The molecule has 1 saturated carbocycles. The number of nitrogens with one attached hydrogen (secondary N) is 2. The number of hydrogen-bond donors (Lipinski definition) is 2. The van der Waals surface area contributed by atoms with Crippen molar-refractivity contribution < 1.29 is 9.59 Å². The van der Waals surface area contributed by atoms with Crippen molar-refractivity contribution in [2.45, 2.75) is 44.4 Å². The summed E-state index contributed by atoms with van der Waals surface area (Å²) in [6, 6.07) is 18.0. The van der Waals surface area contributed by atoms with Gasteiger partial charge in [0.25, 0.3) is 0 Å². The smallest absolute Gasteiger partial charge is 0.233 e. The van der Waals surface area contributed by atoms with Gasteiger partial charge in [-0.25, -0.2) is 0 Å². The lowest BCUT2D eigenvalue weighted by molar-refractivity contribution is -0.127. The van der Waals surface area contributed by atoms with Gasteiger partial charge in [0.15, 0.2) is 0 Å². The van der Waals surface area contributed by atoms with Crippen molar-refractivity contribution in [2.75, 3.05) is 11.9 Å². The maximum Gasteiger partial charge on any atom is 0.233 e. The maximum absolute atomic E-state index is 12.3. The molecule has 4 nitrogen and oxygen atoms in total. The van der Waals surface area contributed by atoms with Crippen molar-refractivity contribution in [1.82, 2.24) is 5.32 Å². The zero-order valence-corrected chi connectivity index (χ0v) is 15.3. The SMILES string of the molecule is Cc1cccc(NC(=O)CC(=O)NCC2(c3ccccc3)CCCC2)c1. The first-order valence-electron chi connectivity index (χ1n) is 9.26. The maximum atomic E-state index is 12.3. The Kier molecular flexibility index (Phi) is 5.71. The third-order valence-corrected chi connectivity index (χ3v) is 5.19. The van der Waals surface area contributed by atoms with Gasteiger partial charge >= 0.3 is 0 Å². The minimum absolute atomic E-state index is 0.00391. The van der Waals surface area contributed by atoms with Crippen LogP contribution in [0.2, 0.25) is 0 Å². The molecule has 136 valence electrons. The summed E-state index contributed by atoms with van der Waals surface area (Å²) in [6.45, 7) is 2.56. The lowest BCUT2D eigenvalue weighted by Gasteiger charge is -2.30. The van der Waals surface area contributed by atoms with Crippen molar-refractivity contribution >= 4 is 17.5 Å². The lowest BCUT2D eigenvalue weighted by atomic mass is 9.79. The van der Waals surface area contributed by atoms with E-state index in [1.54, 1.807) is 0 Å². The van der Waals surface area contributed by atoms with Gasteiger partial charge in [0.2, 0.25) is 11.8 Å². The van der Waals surface area contributed by atoms with Gasteiger partial charge in [-0.2, -0.15) is 0 Å². The van der Waals surface area contributed by atoms with E-state index < -0.39 is 0 Å². The molecule has 0 radical (unpaired) electrons. The van der Waals surface area contributed by atoms with E-state index in [4.69, 9.17) is 0 Å². The number of amides is 2. The summed E-state index contributed by atoms with van der Waals surface area (Å²) in [5.41, 5.74) is 3.07. The molecule has 0 bridgehead atoms. The molecule has 1 aliphatic carbocycles. The summed E-state index contributed by atoms with van der Waals surface area (Å²) >= 11 is 0. The summed E-state index contributed by atoms with van der Waals surface area (Å²) in [6.07, 6.45) is 4.36. The Morgan fingerprint density at radius 3 is 2.38 bits per heavy atom. The molecule has 3 rings (SSSR count). The zero-order chi connectivity index (χ0) is 18.4. The summed E-state index contributed by atoms with van der Waals surface area (Å²) in [5.74, 6) is -0.509. The van der Waals surface area contributed by atoms with Crippen molar-refractivity contribution in [2.24, 2.45) is 0 Å². The van der Waals surface area contributed by atoms with Crippen LogP contribution >= 0.6 is 0 Å². The highest BCUT2D eigenvalue weighted by atomic mass is 16.2. The molecule has 0 heterocycles. The first kappa shape index (κ1) is 18.2. The van der Waals surface area contributed by atoms with E-state index in [-0.39, 0.29) is 23.7 Å². The number of hydrogen-bond acceptors (Lipinski definition) is 2. The average Bonchev–Trinajstić information content (AvgIpc) is 3.11.